The van der Waals surface area contributed by atoms with Crippen molar-refractivity contribution in [1.82, 2.24) is 4.90 Å². The molecule has 3 atom stereocenters. The average Bonchev–Trinajstić information content (AvgIpc) is 3.29. The number of unbranched alkanes of at least 4 members (excludes halogenated alkanes) is 7. The lowest BCUT2D eigenvalue weighted by atomic mass is 9.88. The minimum atomic E-state index is -0.974. The van der Waals surface area contributed by atoms with Gasteiger partial charge in [-0.05, 0) is 61.5 Å². The van der Waals surface area contributed by atoms with Crippen LogP contribution in [0.1, 0.15) is 111 Å². The number of aryl methyl sites for hydroxylation is 1. The van der Waals surface area contributed by atoms with Crippen molar-refractivity contribution in [1.29, 1.82) is 0 Å². The van der Waals surface area contributed by atoms with Gasteiger partial charge in [-0.25, -0.2) is 9.69 Å². The molecule has 0 saturated carbocycles. The van der Waals surface area contributed by atoms with Crippen molar-refractivity contribution >= 4 is 33.9 Å². The van der Waals surface area contributed by atoms with Crippen LogP contribution < -0.4 is 0 Å². The number of carbonyl (C=O) groups is 3. The summed E-state index contributed by atoms with van der Waals surface area (Å²) in [5.74, 6) is -0.764. The van der Waals surface area contributed by atoms with Crippen molar-refractivity contribution in [2.45, 2.75) is 117 Å². The van der Waals surface area contributed by atoms with Gasteiger partial charge in [0.2, 0.25) is 5.91 Å². The third kappa shape index (κ3) is 8.57. The lowest BCUT2D eigenvalue weighted by molar-refractivity contribution is -0.155. The Morgan fingerprint density at radius 1 is 1.08 bits per heavy atom. The van der Waals surface area contributed by atoms with Crippen LogP contribution in [0.3, 0.4) is 0 Å². The summed E-state index contributed by atoms with van der Waals surface area (Å²) in [6.45, 7) is 10.7. The second-order valence-corrected chi connectivity index (χ2v) is 11.8. The summed E-state index contributed by atoms with van der Waals surface area (Å²) in [7, 11) is 0. The SMILES string of the molecule is CC(=O)OC(c1cc(Br)c(CCCCCCCCCCO)o1)C(C)C(=O)N1C(=O)OC(C)(C)C1C(C)C. The van der Waals surface area contributed by atoms with Gasteiger partial charge >= 0.3 is 12.1 Å². The highest BCUT2D eigenvalue weighted by Gasteiger charge is 2.53. The summed E-state index contributed by atoms with van der Waals surface area (Å²) < 4.78 is 17.9. The summed E-state index contributed by atoms with van der Waals surface area (Å²) in [6, 6.07) is 1.31. The van der Waals surface area contributed by atoms with Crippen molar-refractivity contribution in [3.63, 3.8) is 0 Å². The molecule has 1 aromatic rings. The van der Waals surface area contributed by atoms with Gasteiger partial charge in [0.05, 0.1) is 16.4 Å². The molecule has 0 bridgehead atoms. The van der Waals surface area contributed by atoms with E-state index in [2.05, 4.69) is 15.9 Å². The van der Waals surface area contributed by atoms with Crippen LogP contribution in [0.15, 0.2) is 15.0 Å². The number of halogens is 1. The van der Waals surface area contributed by atoms with Crippen LogP contribution in [0.5, 0.6) is 0 Å². The number of rotatable bonds is 15. The minimum absolute atomic E-state index is 0.0188. The predicted octanol–water partition coefficient (Wildman–Crippen LogP) is 6.72. The van der Waals surface area contributed by atoms with E-state index in [-0.39, 0.29) is 12.5 Å². The molecular weight excluding hydrogens is 542 g/mol. The van der Waals surface area contributed by atoms with E-state index in [4.69, 9.17) is 19.0 Å². The molecule has 2 amide bonds. The number of amides is 2. The molecule has 210 valence electrons. The van der Waals surface area contributed by atoms with Crippen LogP contribution >= 0.6 is 15.9 Å². The van der Waals surface area contributed by atoms with Crippen LogP contribution in [0, 0.1) is 11.8 Å². The molecular formula is C28H44BrNO7. The molecule has 9 heteroatoms. The summed E-state index contributed by atoms with van der Waals surface area (Å²) >= 11 is 3.55. The zero-order valence-electron chi connectivity index (χ0n) is 23.2. The number of aliphatic hydroxyl groups is 1. The van der Waals surface area contributed by atoms with Gasteiger partial charge in [-0.2, -0.15) is 0 Å². The maximum Gasteiger partial charge on any atom is 0.417 e. The Labute approximate surface area is 229 Å². The molecule has 2 heterocycles. The molecule has 0 aliphatic carbocycles. The predicted molar refractivity (Wildman–Crippen MR) is 144 cm³/mol. The number of imide groups is 1. The summed E-state index contributed by atoms with van der Waals surface area (Å²) in [6.07, 6.45) is 7.73. The van der Waals surface area contributed by atoms with Crippen molar-refractivity contribution < 1.29 is 33.4 Å². The van der Waals surface area contributed by atoms with Crippen LogP contribution in [0.4, 0.5) is 4.79 Å². The molecule has 1 aromatic heterocycles. The molecule has 1 saturated heterocycles. The van der Waals surface area contributed by atoms with Gasteiger partial charge in [-0.3, -0.25) is 9.59 Å². The maximum absolute atomic E-state index is 13.6. The van der Waals surface area contributed by atoms with E-state index >= 15 is 0 Å². The number of nitrogens with zero attached hydrogens (tertiary/aromatic N) is 1. The molecule has 0 radical (unpaired) electrons. The van der Waals surface area contributed by atoms with Crippen LogP contribution in [0.2, 0.25) is 0 Å². The Morgan fingerprint density at radius 3 is 2.19 bits per heavy atom. The summed E-state index contributed by atoms with van der Waals surface area (Å²) in [4.78, 5) is 39.4. The molecule has 1 fully saturated rings. The van der Waals surface area contributed by atoms with E-state index in [0.29, 0.717) is 5.76 Å². The van der Waals surface area contributed by atoms with Gasteiger partial charge in [0, 0.05) is 20.0 Å². The van der Waals surface area contributed by atoms with E-state index in [9.17, 15) is 14.4 Å². The first-order chi connectivity index (χ1) is 17.4. The zero-order valence-corrected chi connectivity index (χ0v) is 24.8. The van der Waals surface area contributed by atoms with Crippen molar-refractivity contribution in [3.8, 4) is 0 Å². The molecule has 0 spiro atoms. The number of hydrogen-bond donors (Lipinski definition) is 1. The number of ether oxygens (including phenoxy) is 2. The Bertz CT molecular complexity index is 910. The fourth-order valence-corrected chi connectivity index (χ4v) is 5.72. The average molecular weight is 587 g/mol. The van der Waals surface area contributed by atoms with Gasteiger partial charge < -0.3 is 19.0 Å². The third-order valence-electron chi connectivity index (χ3n) is 6.91. The Morgan fingerprint density at radius 2 is 1.65 bits per heavy atom. The number of cyclic esters (lactones) is 1. The highest BCUT2D eigenvalue weighted by molar-refractivity contribution is 9.10. The highest BCUT2D eigenvalue weighted by atomic mass is 79.9. The number of carbonyl (C=O) groups excluding carboxylic acids is 3. The largest absolute Gasteiger partial charge is 0.461 e. The van der Waals surface area contributed by atoms with Gasteiger partial charge in [-0.15, -0.1) is 0 Å². The van der Waals surface area contributed by atoms with E-state index < -0.39 is 41.6 Å². The third-order valence-corrected chi connectivity index (χ3v) is 7.58. The van der Waals surface area contributed by atoms with Gasteiger partial charge in [0.15, 0.2) is 6.10 Å². The van der Waals surface area contributed by atoms with E-state index in [1.54, 1.807) is 26.8 Å². The van der Waals surface area contributed by atoms with E-state index in [1.807, 2.05) is 13.8 Å². The molecule has 37 heavy (non-hydrogen) atoms. The minimum Gasteiger partial charge on any atom is -0.461 e. The second kappa shape index (κ2) is 14.3. The van der Waals surface area contributed by atoms with E-state index in [1.165, 1.54) is 24.7 Å². The van der Waals surface area contributed by atoms with Crippen LogP contribution in [-0.4, -0.2) is 46.2 Å². The fraction of sp³-hybridized carbons (Fsp3) is 0.750. The van der Waals surface area contributed by atoms with Crippen molar-refractivity contribution in [2.24, 2.45) is 11.8 Å². The first-order valence-electron chi connectivity index (χ1n) is 13.5. The van der Waals surface area contributed by atoms with Gasteiger partial charge in [0.1, 0.15) is 17.1 Å². The summed E-state index contributed by atoms with van der Waals surface area (Å²) in [5, 5.41) is 8.84. The number of hydrogen-bond acceptors (Lipinski definition) is 7. The fourth-order valence-electron chi connectivity index (χ4n) is 5.22. The smallest absolute Gasteiger partial charge is 0.417 e. The topological polar surface area (TPSA) is 106 Å². The number of aliphatic hydroxyl groups excluding tert-OH is 1. The maximum atomic E-state index is 13.6. The summed E-state index contributed by atoms with van der Waals surface area (Å²) in [5.41, 5.74) is -0.822. The Balaban J connectivity index is 2.07. The molecule has 1 aliphatic heterocycles. The Kier molecular flexibility index (Phi) is 12.1. The van der Waals surface area contributed by atoms with Crippen LogP contribution in [-0.2, 0) is 25.5 Å². The quantitative estimate of drug-likeness (QED) is 0.180. The van der Waals surface area contributed by atoms with E-state index in [0.717, 1.165) is 55.2 Å². The lowest BCUT2D eigenvalue weighted by Gasteiger charge is -2.33. The van der Waals surface area contributed by atoms with Gasteiger partial charge in [0.25, 0.3) is 0 Å². The lowest BCUT2D eigenvalue weighted by Crippen LogP contribution is -2.50. The molecule has 3 unspecified atom stereocenters. The molecule has 1 N–H and O–H groups in total. The first-order valence-corrected chi connectivity index (χ1v) is 14.3. The Hall–Kier alpha value is -1.87. The molecule has 8 nitrogen and oxygen atoms in total. The van der Waals surface area contributed by atoms with Crippen molar-refractivity contribution in [3.05, 3.63) is 22.1 Å². The number of esters is 1. The van der Waals surface area contributed by atoms with Gasteiger partial charge in [-0.1, -0.05) is 52.4 Å². The van der Waals surface area contributed by atoms with Crippen LogP contribution in [0.25, 0.3) is 0 Å². The molecule has 2 rings (SSSR count). The monoisotopic (exact) mass is 585 g/mol. The molecule has 1 aliphatic rings. The zero-order chi connectivity index (χ0) is 27.8. The normalized spacial score (nSPS) is 18.7. The molecule has 0 aromatic carbocycles. The van der Waals surface area contributed by atoms with Crippen molar-refractivity contribution in [2.75, 3.05) is 6.61 Å². The standard InChI is InChI=1S/C28H44BrNO7/c1-18(2)25-28(5,6)37-27(34)30(25)26(33)19(3)24(35-20(4)32)23-17-21(29)22(36-23)15-13-11-9-7-8-10-12-14-16-31/h17-19,24-25,31H,7-16H2,1-6H3. The second-order valence-electron chi connectivity index (χ2n) is 10.9. The highest BCUT2D eigenvalue weighted by Crippen LogP contribution is 2.39. The number of furan rings is 1. The first kappa shape index (κ1) is 31.3.